The molecule has 0 saturated carbocycles. The number of carbonyl (C=O) groups is 1. The zero-order chi connectivity index (χ0) is 19.5. The second kappa shape index (κ2) is 8.64. The molecule has 28 heavy (non-hydrogen) atoms. The van der Waals surface area contributed by atoms with Gasteiger partial charge in [0.05, 0.1) is 6.54 Å². The van der Waals surface area contributed by atoms with Crippen molar-refractivity contribution in [3.8, 4) is 0 Å². The van der Waals surface area contributed by atoms with E-state index in [0.29, 0.717) is 6.54 Å². The third-order valence-electron chi connectivity index (χ3n) is 5.93. The second-order valence-electron chi connectivity index (χ2n) is 7.94. The molecule has 2 aliphatic rings. The molecule has 0 bridgehead atoms. The number of halogens is 1. The molecule has 0 radical (unpaired) electrons. The second-order valence-corrected chi connectivity index (χ2v) is 8.38. The molecule has 0 aliphatic carbocycles. The molecule has 0 spiro atoms. The van der Waals surface area contributed by atoms with E-state index in [0.717, 1.165) is 56.3 Å². The van der Waals surface area contributed by atoms with Crippen LogP contribution in [0, 0.1) is 0 Å². The highest BCUT2D eigenvalue weighted by Gasteiger charge is 2.31. The summed E-state index contributed by atoms with van der Waals surface area (Å²) in [7, 11) is 0. The fourth-order valence-electron chi connectivity index (χ4n) is 4.32. The average Bonchev–Trinajstić information content (AvgIpc) is 3.04. The monoisotopic (exact) mass is 397 g/mol. The molecule has 1 saturated heterocycles. The molecule has 1 amide bonds. The highest BCUT2D eigenvalue weighted by Crippen LogP contribution is 2.31. The number of rotatable bonds is 5. The maximum absolute atomic E-state index is 13.0. The van der Waals surface area contributed by atoms with E-state index in [-0.39, 0.29) is 11.9 Å². The van der Waals surface area contributed by atoms with Gasteiger partial charge in [-0.1, -0.05) is 41.9 Å². The number of amides is 1. The Morgan fingerprint density at radius 3 is 2.43 bits per heavy atom. The summed E-state index contributed by atoms with van der Waals surface area (Å²) in [5.41, 5.74) is 3.71. The van der Waals surface area contributed by atoms with Crippen LogP contribution in [0.5, 0.6) is 0 Å². The Morgan fingerprint density at radius 2 is 1.68 bits per heavy atom. The van der Waals surface area contributed by atoms with Gasteiger partial charge in [-0.3, -0.25) is 9.69 Å². The van der Waals surface area contributed by atoms with Crippen molar-refractivity contribution >= 4 is 23.2 Å². The lowest BCUT2D eigenvalue weighted by atomic mass is 10.1. The Bertz CT molecular complexity index is 815. The van der Waals surface area contributed by atoms with Crippen molar-refractivity contribution in [2.24, 2.45) is 0 Å². The molecule has 4 rings (SSSR count). The van der Waals surface area contributed by atoms with Crippen molar-refractivity contribution < 1.29 is 4.79 Å². The van der Waals surface area contributed by atoms with E-state index in [1.54, 1.807) is 0 Å². The van der Waals surface area contributed by atoms with Crippen LogP contribution < -0.4 is 4.90 Å². The maximum Gasteiger partial charge on any atom is 0.241 e. The van der Waals surface area contributed by atoms with E-state index in [1.807, 2.05) is 23.1 Å². The van der Waals surface area contributed by atoms with Crippen molar-refractivity contribution in [2.45, 2.75) is 25.8 Å². The molecule has 0 N–H and O–H groups in total. The molecule has 4 nitrogen and oxygen atoms in total. The van der Waals surface area contributed by atoms with E-state index in [4.69, 9.17) is 11.6 Å². The summed E-state index contributed by atoms with van der Waals surface area (Å²) in [4.78, 5) is 19.8. The summed E-state index contributed by atoms with van der Waals surface area (Å²) in [6, 6.07) is 16.7. The van der Waals surface area contributed by atoms with Gasteiger partial charge in [-0.2, -0.15) is 0 Å². The van der Waals surface area contributed by atoms with Crippen LogP contribution in [0.3, 0.4) is 0 Å². The van der Waals surface area contributed by atoms with Gasteiger partial charge in [-0.25, -0.2) is 0 Å². The van der Waals surface area contributed by atoms with Gasteiger partial charge in [-0.05, 0) is 49.1 Å². The lowest BCUT2D eigenvalue weighted by Crippen LogP contribution is -2.51. The number of piperazine rings is 1. The Hall–Kier alpha value is -1.88. The normalized spacial score (nSPS) is 20.4. The van der Waals surface area contributed by atoms with Crippen LogP contribution in [-0.2, 0) is 17.6 Å². The molecular weight excluding hydrogens is 370 g/mol. The van der Waals surface area contributed by atoms with Crippen LogP contribution in [0.25, 0.3) is 0 Å². The van der Waals surface area contributed by atoms with Crippen molar-refractivity contribution in [1.82, 2.24) is 9.80 Å². The molecule has 1 atom stereocenters. The minimum absolute atomic E-state index is 0.229. The Morgan fingerprint density at radius 1 is 1.00 bits per heavy atom. The van der Waals surface area contributed by atoms with Crippen molar-refractivity contribution in [2.75, 3.05) is 44.2 Å². The van der Waals surface area contributed by atoms with Gasteiger partial charge in [0, 0.05) is 49.5 Å². The Labute approximate surface area is 172 Å². The Kier molecular flexibility index (Phi) is 6.00. The van der Waals surface area contributed by atoms with Crippen LogP contribution in [-0.4, -0.2) is 61.0 Å². The SMILES string of the molecule is CC1Cc2ccccc2N1C(=O)CN1CCN(CCc2ccc(Cl)cc2)CC1. The van der Waals surface area contributed by atoms with E-state index in [9.17, 15) is 4.79 Å². The highest BCUT2D eigenvalue weighted by atomic mass is 35.5. The predicted molar refractivity (Wildman–Crippen MR) is 115 cm³/mol. The number of para-hydroxylation sites is 1. The maximum atomic E-state index is 13.0. The van der Waals surface area contributed by atoms with Gasteiger partial charge in [0.1, 0.15) is 0 Å². The molecule has 5 heteroatoms. The van der Waals surface area contributed by atoms with E-state index in [1.165, 1.54) is 11.1 Å². The first-order valence-electron chi connectivity index (χ1n) is 10.2. The largest absolute Gasteiger partial charge is 0.308 e. The average molecular weight is 398 g/mol. The van der Waals surface area contributed by atoms with Gasteiger partial charge in [0.15, 0.2) is 0 Å². The summed E-state index contributed by atoms with van der Waals surface area (Å²) in [6.07, 6.45) is 2.00. The number of hydrogen-bond donors (Lipinski definition) is 0. The third kappa shape index (κ3) is 4.40. The molecule has 1 unspecified atom stereocenters. The lowest BCUT2D eigenvalue weighted by molar-refractivity contribution is -0.120. The molecule has 2 heterocycles. The summed E-state index contributed by atoms with van der Waals surface area (Å²) in [5, 5.41) is 0.789. The highest BCUT2D eigenvalue weighted by molar-refractivity contribution is 6.30. The Balaban J connectivity index is 1.25. The number of fused-ring (bicyclic) bond motifs is 1. The first-order chi connectivity index (χ1) is 13.6. The van der Waals surface area contributed by atoms with Crippen LogP contribution >= 0.6 is 11.6 Å². The smallest absolute Gasteiger partial charge is 0.241 e. The molecule has 1 fully saturated rings. The van der Waals surface area contributed by atoms with Gasteiger partial charge < -0.3 is 9.80 Å². The third-order valence-corrected chi connectivity index (χ3v) is 6.18. The van der Waals surface area contributed by atoms with Gasteiger partial charge in [-0.15, -0.1) is 0 Å². The predicted octanol–water partition coefficient (Wildman–Crippen LogP) is 3.48. The molecule has 2 aromatic rings. The molecule has 2 aliphatic heterocycles. The van der Waals surface area contributed by atoms with Gasteiger partial charge in [0.25, 0.3) is 0 Å². The molecule has 0 aromatic heterocycles. The quantitative estimate of drug-likeness (QED) is 0.772. The van der Waals surface area contributed by atoms with Crippen LogP contribution in [0.15, 0.2) is 48.5 Å². The summed E-state index contributed by atoms with van der Waals surface area (Å²) >= 11 is 5.96. The minimum Gasteiger partial charge on any atom is -0.308 e. The number of hydrogen-bond acceptors (Lipinski definition) is 3. The molecule has 148 valence electrons. The topological polar surface area (TPSA) is 26.8 Å². The lowest BCUT2D eigenvalue weighted by Gasteiger charge is -2.35. The van der Waals surface area contributed by atoms with Crippen molar-refractivity contribution in [1.29, 1.82) is 0 Å². The van der Waals surface area contributed by atoms with Crippen molar-refractivity contribution in [3.63, 3.8) is 0 Å². The molecular formula is C23H28ClN3O. The molecule has 2 aromatic carbocycles. The van der Waals surface area contributed by atoms with E-state index >= 15 is 0 Å². The van der Waals surface area contributed by atoms with Gasteiger partial charge >= 0.3 is 0 Å². The fourth-order valence-corrected chi connectivity index (χ4v) is 4.45. The summed E-state index contributed by atoms with van der Waals surface area (Å²) < 4.78 is 0. The van der Waals surface area contributed by atoms with Gasteiger partial charge in [0.2, 0.25) is 5.91 Å². The van der Waals surface area contributed by atoms with Crippen LogP contribution in [0.4, 0.5) is 5.69 Å². The first kappa shape index (κ1) is 19.4. The summed E-state index contributed by atoms with van der Waals surface area (Å²) in [5.74, 6) is 0.229. The zero-order valence-electron chi connectivity index (χ0n) is 16.5. The fraction of sp³-hybridized carbons (Fsp3) is 0.435. The number of carbonyl (C=O) groups excluding carboxylic acids is 1. The zero-order valence-corrected chi connectivity index (χ0v) is 17.2. The minimum atomic E-state index is 0.229. The van der Waals surface area contributed by atoms with E-state index in [2.05, 4.69) is 47.1 Å². The van der Waals surface area contributed by atoms with Crippen LogP contribution in [0.1, 0.15) is 18.1 Å². The summed E-state index contributed by atoms with van der Waals surface area (Å²) in [6.45, 7) is 7.67. The standard InChI is InChI=1S/C23H28ClN3O/c1-18-16-20-4-2-3-5-22(20)27(18)23(28)17-26-14-12-25(13-15-26)11-10-19-6-8-21(24)9-7-19/h2-9,18H,10-17H2,1H3. The van der Waals surface area contributed by atoms with E-state index < -0.39 is 0 Å². The first-order valence-corrected chi connectivity index (χ1v) is 10.6. The number of nitrogens with zero attached hydrogens (tertiary/aromatic N) is 3. The van der Waals surface area contributed by atoms with Crippen LogP contribution in [0.2, 0.25) is 5.02 Å². The van der Waals surface area contributed by atoms with Crippen molar-refractivity contribution in [3.05, 3.63) is 64.7 Å². The number of anilines is 1. The number of benzene rings is 2.